The van der Waals surface area contributed by atoms with E-state index < -0.39 is 5.60 Å². The third-order valence-corrected chi connectivity index (χ3v) is 7.23. The Hall–Kier alpha value is -2.37. The van der Waals surface area contributed by atoms with Crippen molar-refractivity contribution in [1.82, 2.24) is 15.1 Å². The smallest absolute Gasteiger partial charge is 0.407 e. The molecule has 2 aromatic carbocycles. The second-order valence-corrected chi connectivity index (χ2v) is 11.4. The lowest BCUT2D eigenvalue weighted by Gasteiger charge is -2.42. The first-order valence-electron chi connectivity index (χ1n) is 13.3. The Morgan fingerprint density at radius 3 is 2.57 bits per heavy atom. The number of amides is 1. The fourth-order valence-electron chi connectivity index (χ4n) is 5.65. The lowest BCUT2D eigenvalue weighted by Crippen LogP contribution is -2.50. The fraction of sp³-hybridized carbons (Fsp3) is 0.567. The number of hydrogen-bond acceptors (Lipinski definition) is 4. The average molecular weight is 478 g/mol. The standard InChI is InChI=1S/C30H43N3O2/c1-6-10-26(31-29(34)35-30(3,4)5)15-13-23-14-16-27-25(17-23)20-33-22(2)18-32(21-28(27)33)19-24-11-8-7-9-12-24/h7-9,11-12,14,16-17,22,26,28H,6,10,13,15,18-21H2,1-5H3,(H,31,34). The van der Waals surface area contributed by atoms with E-state index in [1.54, 1.807) is 0 Å². The van der Waals surface area contributed by atoms with Crippen molar-refractivity contribution in [2.75, 3.05) is 13.1 Å². The maximum atomic E-state index is 12.3. The lowest BCUT2D eigenvalue weighted by molar-refractivity contribution is 0.0339. The van der Waals surface area contributed by atoms with Crippen molar-refractivity contribution in [3.63, 3.8) is 0 Å². The predicted octanol–water partition coefficient (Wildman–Crippen LogP) is 6.07. The summed E-state index contributed by atoms with van der Waals surface area (Å²) in [5, 5.41) is 3.09. The number of ether oxygens (including phenoxy) is 1. The summed E-state index contributed by atoms with van der Waals surface area (Å²) >= 11 is 0. The first-order chi connectivity index (χ1) is 16.7. The molecule has 2 heterocycles. The molecule has 1 N–H and O–H groups in total. The van der Waals surface area contributed by atoms with E-state index in [4.69, 9.17) is 4.74 Å². The molecule has 1 fully saturated rings. The molecule has 1 saturated heterocycles. The molecule has 1 amide bonds. The highest BCUT2D eigenvalue weighted by Crippen LogP contribution is 2.39. The van der Waals surface area contributed by atoms with Crippen molar-refractivity contribution < 1.29 is 9.53 Å². The van der Waals surface area contributed by atoms with Crippen LogP contribution in [0.1, 0.15) is 82.2 Å². The zero-order chi connectivity index (χ0) is 25.0. The van der Waals surface area contributed by atoms with Gasteiger partial charge in [-0.05, 0) is 69.2 Å². The summed E-state index contributed by atoms with van der Waals surface area (Å²) in [4.78, 5) is 17.6. The van der Waals surface area contributed by atoms with Crippen LogP contribution in [0.5, 0.6) is 0 Å². The van der Waals surface area contributed by atoms with E-state index in [-0.39, 0.29) is 12.1 Å². The zero-order valence-electron chi connectivity index (χ0n) is 22.2. The summed E-state index contributed by atoms with van der Waals surface area (Å²) in [7, 11) is 0. The Bertz CT molecular complexity index is 985. The number of nitrogens with zero attached hydrogens (tertiary/aromatic N) is 2. The Morgan fingerprint density at radius 2 is 1.86 bits per heavy atom. The SMILES string of the molecule is CCCC(CCc1ccc2c(c1)CN1C(C)CN(Cc3ccccc3)CC21)NC(=O)OC(C)(C)C. The molecule has 0 spiro atoms. The van der Waals surface area contributed by atoms with Gasteiger partial charge in [-0.2, -0.15) is 0 Å². The molecule has 2 aliphatic heterocycles. The van der Waals surface area contributed by atoms with Crippen molar-refractivity contribution in [3.05, 3.63) is 70.8 Å². The van der Waals surface area contributed by atoms with E-state index in [2.05, 4.69) is 77.5 Å². The molecule has 4 rings (SSSR count). The first-order valence-corrected chi connectivity index (χ1v) is 13.3. The maximum absolute atomic E-state index is 12.3. The van der Waals surface area contributed by atoms with Crippen molar-refractivity contribution in [3.8, 4) is 0 Å². The molecule has 5 heteroatoms. The van der Waals surface area contributed by atoms with Gasteiger partial charge in [-0.3, -0.25) is 9.80 Å². The molecule has 5 nitrogen and oxygen atoms in total. The van der Waals surface area contributed by atoms with Gasteiger partial charge in [0.1, 0.15) is 5.60 Å². The van der Waals surface area contributed by atoms with Crippen molar-refractivity contribution in [2.45, 2.75) is 97.1 Å². The highest BCUT2D eigenvalue weighted by atomic mass is 16.6. The number of piperazine rings is 1. The number of benzene rings is 2. The third-order valence-electron chi connectivity index (χ3n) is 7.23. The minimum absolute atomic E-state index is 0.140. The Labute approximate surface area is 211 Å². The van der Waals surface area contributed by atoms with Gasteiger partial charge in [-0.25, -0.2) is 4.79 Å². The summed E-state index contributed by atoms with van der Waals surface area (Å²) in [6, 6.07) is 19.1. The number of carbonyl (C=O) groups is 1. The first kappa shape index (κ1) is 25.7. The van der Waals surface area contributed by atoms with Crippen LogP contribution in [-0.4, -0.2) is 46.7 Å². The fourth-order valence-corrected chi connectivity index (χ4v) is 5.65. The van der Waals surface area contributed by atoms with E-state index in [0.29, 0.717) is 12.1 Å². The normalized spacial score (nSPS) is 21.3. The summed E-state index contributed by atoms with van der Waals surface area (Å²) in [6.45, 7) is 14.5. The molecule has 0 bridgehead atoms. The van der Waals surface area contributed by atoms with Crippen LogP contribution in [0.2, 0.25) is 0 Å². The van der Waals surface area contributed by atoms with Crippen LogP contribution in [0.4, 0.5) is 4.79 Å². The van der Waals surface area contributed by atoms with Gasteiger partial charge in [0.05, 0.1) is 0 Å². The quantitative estimate of drug-likeness (QED) is 0.501. The van der Waals surface area contributed by atoms with Crippen LogP contribution >= 0.6 is 0 Å². The van der Waals surface area contributed by atoms with Gasteiger partial charge in [0.25, 0.3) is 0 Å². The molecule has 3 unspecified atom stereocenters. The van der Waals surface area contributed by atoms with E-state index >= 15 is 0 Å². The minimum Gasteiger partial charge on any atom is -0.444 e. The predicted molar refractivity (Wildman–Crippen MR) is 142 cm³/mol. The van der Waals surface area contributed by atoms with Crippen LogP contribution < -0.4 is 5.32 Å². The second-order valence-electron chi connectivity index (χ2n) is 11.4. The number of carbonyl (C=O) groups excluding carboxylic acids is 1. The van der Waals surface area contributed by atoms with Crippen LogP contribution in [-0.2, 0) is 24.2 Å². The molecule has 0 saturated carbocycles. The second kappa shape index (κ2) is 11.1. The van der Waals surface area contributed by atoms with Crippen LogP contribution in [0.15, 0.2) is 48.5 Å². The highest BCUT2D eigenvalue weighted by molar-refractivity contribution is 5.68. The number of fused-ring (bicyclic) bond motifs is 3. The van der Waals surface area contributed by atoms with Gasteiger partial charge in [0.15, 0.2) is 0 Å². The molecular formula is C30H43N3O2. The highest BCUT2D eigenvalue weighted by Gasteiger charge is 2.38. The number of nitrogens with one attached hydrogen (secondary N) is 1. The largest absolute Gasteiger partial charge is 0.444 e. The average Bonchev–Trinajstić information content (AvgIpc) is 3.15. The molecule has 0 radical (unpaired) electrons. The maximum Gasteiger partial charge on any atom is 0.407 e. The van der Waals surface area contributed by atoms with Gasteiger partial charge in [-0.1, -0.05) is 61.9 Å². The van der Waals surface area contributed by atoms with Crippen LogP contribution in [0.3, 0.4) is 0 Å². The molecular weight excluding hydrogens is 434 g/mol. The number of aryl methyl sites for hydroxylation is 1. The molecule has 3 atom stereocenters. The Balaban J connectivity index is 1.38. The van der Waals surface area contributed by atoms with Crippen molar-refractivity contribution in [1.29, 1.82) is 0 Å². The number of hydrogen-bond donors (Lipinski definition) is 1. The molecule has 0 aliphatic carbocycles. The van der Waals surface area contributed by atoms with Gasteiger partial charge in [-0.15, -0.1) is 0 Å². The number of rotatable bonds is 8. The van der Waals surface area contributed by atoms with Gasteiger partial charge in [0, 0.05) is 44.3 Å². The van der Waals surface area contributed by atoms with Gasteiger partial charge >= 0.3 is 6.09 Å². The topological polar surface area (TPSA) is 44.8 Å². The Morgan fingerprint density at radius 1 is 1.09 bits per heavy atom. The molecule has 2 aliphatic rings. The van der Waals surface area contributed by atoms with E-state index in [1.807, 2.05) is 20.8 Å². The van der Waals surface area contributed by atoms with E-state index in [9.17, 15) is 4.79 Å². The molecule has 190 valence electrons. The minimum atomic E-state index is -0.471. The molecule has 2 aromatic rings. The van der Waals surface area contributed by atoms with E-state index in [1.165, 1.54) is 22.3 Å². The Kier molecular flexibility index (Phi) is 8.18. The summed E-state index contributed by atoms with van der Waals surface area (Å²) in [5.74, 6) is 0. The van der Waals surface area contributed by atoms with Crippen LogP contribution in [0, 0.1) is 0 Å². The summed E-state index contributed by atoms with van der Waals surface area (Å²) < 4.78 is 5.48. The lowest BCUT2D eigenvalue weighted by atomic mass is 9.96. The number of alkyl carbamates (subject to hydrolysis) is 1. The van der Waals surface area contributed by atoms with Crippen LogP contribution in [0.25, 0.3) is 0 Å². The third kappa shape index (κ3) is 6.86. The zero-order valence-corrected chi connectivity index (χ0v) is 22.2. The van der Waals surface area contributed by atoms with E-state index in [0.717, 1.165) is 51.9 Å². The van der Waals surface area contributed by atoms with Gasteiger partial charge < -0.3 is 10.1 Å². The summed E-state index contributed by atoms with van der Waals surface area (Å²) in [6.07, 6.45) is 3.60. The summed E-state index contributed by atoms with van der Waals surface area (Å²) in [5.41, 5.74) is 5.26. The van der Waals surface area contributed by atoms with Crippen molar-refractivity contribution in [2.24, 2.45) is 0 Å². The van der Waals surface area contributed by atoms with Gasteiger partial charge in [0.2, 0.25) is 0 Å². The molecule has 35 heavy (non-hydrogen) atoms. The monoisotopic (exact) mass is 477 g/mol. The van der Waals surface area contributed by atoms with Crippen molar-refractivity contribution >= 4 is 6.09 Å². The molecule has 0 aromatic heterocycles.